The summed E-state index contributed by atoms with van der Waals surface area (Å²) in [5, 5.41) is 3.73. The van der Waals surface area contributed by atoms with E-state index in [0.717, 1.165) is 0 Å². The van der Waals surface area contributed by atoms with Crippen LogP contribution in [-0.2, 0) is 12.8 Å². The third-order valence-corrected chi connectivity index (χ3v) is 4.44. The minimum absolute atomic E-state index is 0.536. The summed E-state index contributed by atoms with van der Waals surface area (Å²) < 4.78 is 0. The molecule has 0 spiro atoms. The number of hydrogen-bond donors (Lipinski definition) is 1. The number of nitrogens with one attached hydrogen (secondary N) is 1. The van der Waals surface area contributed by atoms with E-state index in [2.05, 4.69) is 37.4 Å². The maximum absolute atomic E-state index is 3.73. The average molecular weight is 229 g/mol. The maximum Gasteiger partial charge on any atom is 0.0345 e. The lowest BCUT2D eigenvalue weighted by Crippen LogP contribution is -2.17. The average Bonchev–Trinajstić information content (AvgIpc) is 2.84. The first-order chi connectivity index (χ1) is 8.12. The van der Waals surface area contributed by atoms with Gasteiger partial charge < -0.3 is 5.32 Å². The summed E-state index contributed by atoms with van der Waals surface area (Å²) in [4.78, 5) is 0. The molecule has 1 aromatic rings. The van der Waals surface area contributed by atoms with Gasteiger partial charge in [-0.2, -0.15) is 0 Å². The van der Waals surface area contributed by atoms with Crippen molar-refractivity contribution in [3.63, 3.8) is 0 Å². The highest BCUT2D eigenvalue weighted by atomic mass is 14.9. The lowest BCUT2D eigenvalue weighted by Gasteiger charge is -2.19. The van der Waals surface area contributed by atoms with E-state index in [1.165, 1.54) is 44.2 Å². The van der Waals surface area contributed by atoms with Crippen molar-refractivity contribution in [2.24, 2.45) is 5.41 Å². The molecule has 0 aromatic heterocycles. The van der Waals surface area contributed by atoms with E-state index in [0.29, 0.717) is 11.5 Å². The standard InChI is InChI=1S/C16H23N/c1-16(2)9-8-15(11-16)17-14-7-6-12-4-3-5-13(12)10-14/h6-7,10,15,17H,3-5,8-9,11H2,1-2H3. The molecule has 3 rings (SSSR count). The minimum Gasteiger partial charge on any atom is -0.382 e. The smallest absolute Gasteiger partial charge is 0.0345 e. The highest BCUT2D eigenvalue weighted by Crippen LogP contribution is 2.38. The second kappa shape index (κ2) is 4.04. The molecule has 0 saturated heterocycles. The summed E-state index contributed by atoms with van der Waals surface area (Å²) in [6, 6.07) is 7.66. The van der Waals surface area contributed by atoms with Gasteiger partial charge in [0.05, 0.1) is 0 Å². The minimum atomic E-state index is 0.536. The van der Waals surface area contributed by atoms with Crippen molar-refractivity contribution in [2.45, 2.75) is 58.4 Å². The molecule has 0 aliphatic heterocycles. The highest BCUT2D eigenvalue weighted by Gasteiger charge is 2.30. The Bertz CT molecular complexity index is 420. The van der Waals surface area contributed by atoms with Crippen molar-refractivity contribution >= 4 is 5.69 Å². The van der Waals surface area contributed by atoms with Crippen LogP contribution in [0, 0.1) is 5.41 Å². The summed E-state index contributed by atoms with van der Waals surface area (Å²) in [6.45, 7) is 4.77. The summed E-state index contributed by atoms with van der Waals surface area (Å²) in [5.74, 6) is 0. The van der Waals surface area contributed by atoms with E-state index in [-0.39, 0.29) is 0 Å². The molecule has 1 fully saturated rings. The van der Waals surface area contributed by atoms with Crippen LogP contribution in [-0.4, -0.2) is 6.04 Å². The summed E-state index contributed by atoms with van der Waals surface area (Å²) in [5.41, 5.74) is 5.02. The van der Waals surface area contributed by atoms with E-state index in [4.69, 9.17) is 0 Å². The molecule has 1 N–H and O–H groups in total. The normalized spacial score (nSPS) is 25.9. The lowest BCUT2D eigenvalue weighted by molar-refractivity contribution is 0.378. The Kier molecular flexibility index (Phi) is 2.65. The number of fused-ring (bicyclic) bond motifs is 1. The zero-order valence-electron chi connectivity index (χ0n) is 11.1. The molecule has 2 aliphatic carbocycles. The van der Waals surface area contributed by atoms with Gasteiger partial charge in [0.25, 0.3) is 0 Å². The van der Waals surface area contributed by atoms with E-state index < -0.39 is 0 Å². The van der Waals surface area contributed by atoms with Crippen LogP contribution in [0.25, 0.3) is 0 Å². The SMILES string of the molecule is CC1(C)CCC(Nc2ccc3c(c2)CCC3)C1. The Morgan fingerprint density at radius 2 is 2.00 bits per heavy atom. The second-order valence-corrected chi connectivity index (χ2v) is 6.59. The number of anilines is 1. The summed E-state index contributed by atoms with van der Waals surface area (Å²) >= 11 is 0. The molecule has 1 heteroatoms. The van der Waals surface area contributed by atoms with Crippen LogP contribution in [0.15, 0.2) is 18.2 Å². The molecule has 1 saturated carbocycles. The molecule has 1 atom stereocenters. The van der Waals surface area contributed by atoms with Crippen LogP contribution in [0.2, 0.25) is 0 Å². The molecular formula is C16H23N. The van der Waals surface area contributed by atoms with Crippen molar-refractivity contribution in [3.8, 4) is 0 Å². The van der Waals surface area contributed by atoms with Gasteiger partial charge >= 0.3 is 0 Å². The first-order valence-corrected chi connectivity index (χ1v) is 7.01. The van der Waals surface area contributed by atoms with Crippen molar-refractivity contribution < 1.29 is 0 Å². The molecule has 2 aliphatic rings. The number of aryl methyl sites for hydroxylation is 2. The van der Waals surface area contributed by atoms with Gasteiger partial charge in [-0.1, -0.05) is 19.9 Å². The van der Waals surface area contributed by atoms with Crippen molar-refractivity contribution in [3.05, 3.63) is 29.3 Å². The Balaban J connectivity index is 1.70. The third-order valence-electron chi connectivity index (χ3n) is 4.44. The van der Waals surface area contributed by atoms with E-state index in [9.17, 15) is 0 Å². The molecule has 1 aromatic carbocycles. The highest BCUT2D eigenvalue weighted by molar-refractivity contribution is 5.50. The molecule has 0 heterocycles. The van der Waals surface area contributed by atoms with Gasteiger partial charge in [-0.15, -0.1) is 0 Å². The monoisotopic (exact) mass is 229 g/mol. The molecule has 92 valence electrons. The zero-order chi connectivity index (χ0) is 11.9. The number of benzene rings is 1. The van der Waals surface area contributed by atoms with E-state index in [1.54, 1.807) is 11.1 Å². The fraction of sp³-hybridized carbons (Fsp3) is 0.625. The first kappa shape index (κ1) is 11.1. The van der Waals surface area contributed by atoms with Crippen LogP contribution in [0.3, 0.4) is 0 Å². The molecule has 0 radical (unpaired) electrons. The number of rotatable bonds is 2. The quantitative estimate of drug-likeness (QED) is 0.802. The van der Waals surface area contributed by atoms with Gasteiger partial charge in [0.2, 0.25) is 0 Å². The van der Waals surface area contributed by atoms with E-state index >= 15 is 0 Å². The lowest BCUT2D eigenvalue weighted by atomic mass is 9.92. The van der Waals surface area contributed by atoms with Crippen molar-refractivity contribution in [2.75, 3.05) is 5.32 Å². The fourth-order valence-corrected chi connectivity index (χ4v) is 3.46. The topological polar surface area (TPSA) is 12.0 Å². The second-order valence-electron chi connectivity index (χ2n) is 6.59. The van der Waals surface area contributed by atoms with Gasteiger partial charge in [0.15, 0.2) is 0 Å². The van der Waals surface area contributed by atoms with Crippen molar-refractivity contribution in [1.82, 2.24) is 0 Å². The zero-order valence-corrected chi connectivity index (χ0v) is 11.1. The van der Waals surface area contributed by atoms with Crippen LogP contribution in [0.5, 0.6) is 0 Å². The van der Waals surface area contributed by atoms with Crippen LogP contribution in [0.1, 0.15) is 50.7 Å². The molecule has 17 heavy (non-hydrogen) atoms. The van der Waals surface area contributed by atoms with Gasteiger partial charge in [-0.3, -0.25) is 0 Å². The Hall–Kier alpha value is -0.980. The molecule has 0 bridgehead atoms. The predicted molar refractivity (Wildman–Crippen MR) is 73.5 cm³/mol. The molecular weight excluding hydrogens is 206 g/mol. The van der Waals surface area contributed by atoms with E-state index in [1.807, 2.05) is 0 Å². The fourth-order valence-electron chi connectivity index (χ4n) is 3.46. The Morgan fingerprint density at radius 3 is 2.76 bits per heavy atom. The van der Waals surface area contributed by atoms with Crippen LogP contribution >= 0.6 is 0 Å². The molecule has 1 unspecified atom stereocenters. The first-order valence-electron chi connectivity index (χ1n) is 7.01. The van der Waals surface area contributed by atoms with Gasteiger partial charge in [0.1, 0.15) is 0 Å². The van der Waals surface area contributed by atoms with Gasteiger partial charge in [-0.05, 0) is 67.2 Å². The van der Waals surface area contributed by atoms with Crippen molar-refractivity contribution in [1.29, 1.82) is 0 Å². The largest absolute Gasteiger partial charge is 0.382 e. The van der Waals surface area contributed by atoms with Gasteiger partial charge in [0, 0.05) is 11.7 Å². The Labute approximate surface area is 105 Å². The van der Waals surface area contributed by atoms with Gasteiger partial charge in [-0.25, -0.2) is 0 Å². The Morgan fingerprint density at radius 1 is 1.18 bits per heavy atom. The summed E-state index contributed by atoms with van der Waals surface area (Å²) in [7, 11) is 0. The molecule has 1 nitrogen and oxygen atoms in total. The van der Waals surface area contributed by atoms with Crippen LogP contribution < -0.4 is 5.32 Å². The molecule has 0 amide bonds. The third kappa shape index (κ3) is 2.34. The predicted octanol–water partition coefficient (Wildman–Crippen LogP) is 4.17. The summed E-state index contributed by atoms with van der Waals surface area (Å²) in [6.07, 6.45) is 7.89. The maximum atomic E-state index is 3.73. The number of hydrogen-bond acceptors (Lipinski definition) is 1. The van der Waals surface area contributed by atoms with Crippen LogP contribution in [0.4, 0.5) is 5.69 Å².